The van der Waals surface area contributed by atoms with Crippen molar-refractivity contribution >= 4 is 0 Å². The molecule has 0 radical (unpaired) electrons. The monoisotopic (exact) mass is 302 g/mol. The van der Waals surface area contributed by atoms with Gasteiger partial charge in [0, 0.05) is 37.8 Å². The number of rotatable bonds is 3. The van der Waals surface area contributed by atoms with Crippen molar-refractivity contribution < 1.29 is 22.6 Å². The van der Waals surface area contributed by atoms with Gasteiger partial charge in [0.05, 0.1) is 6.42 Å². The van der Waals surface area contributed by atoms with Gasteiger partial charge in [-0.15, -0.1) is 0 Å². The van der Waals surface area contributed by atoms with E-state index in [9.17, 15) is 13.2 Å². The predicted octanol–water partition coefficient (Wildman–Crippen LogP) is 2.31. The third kappa shape index (κ3) is 3.24. The van der Waals surface area contributed by atoms with E-state index >= 15 is 0 Å². The maximum Gasteiger partial charge on any atom is 0.390 e. The highest BCUT2D eigenvalue weighted by atomic mass is 19.4. The zero-order valence-corrected chi connectivity index (χ0v) is 11.4. The van der Waals surface area contributed by atoms with Crippen LogP contribution in [-0.4, -0.2) is 44.0 Å². The van der Waals surface area contributed by atoms with Crippen molar-refractivity contribution in [2.45, 2.75) is 18.6 Å². The number of benzene rings is 1. The number of halogens is 3. The van der Waals surface area contributed by atoms with Crippen molar-refractivity contribution in [1.29, 1.82) is 0 Å². The molecule has 0 unspecified atom stereocenters. The summed E-state index contributed by atoms with van der Waals surface area (Å²) in [6.07, 6.45) is -5.11. The maximum absolute atomic E-state index is 13.0. The van der Waals surface area contributed by atoms with Crippen molar-refractivity contribution in [1.82, 2.24) is 10.2 Å². The average Bonchev–Trinajstić information content (AvgIpc) is 2.93. The van der Waals surface area contributed by atoms with Crippen molar-refractivity contribution in [3.05, 3.63) is 23.8 Å². The summed E-state index contributed by atoms with van der Waals surface area (Å²) >= 11 is 0. The fourth-order valence-electron chi connectivity index (χ4n) is 2.86. The third-order valence-corrected chi connectivity index (χ3v) is 3.80. The Bertz CT molecular complexity index is 501. The summed E-state index contributed by atoms with van der Waals surface area (Å²) in [6, 6.07) is 4.40. The second-order valence-corrected chi connectivity index (χ2v) is 5.20. The number of alkyl halides is 3. The lowest BCUT2D eigenvalue weighted by atomic mass is 9.99. The zero-order chi connectivity index (χ0) is 14.9. The number of fused-ring (bicyclic) bond motifs is 1. The number of nitrogens with zero attached hydrogens (tertiary/aromatic N) is 1. The summed E-state index contributed by atoms with van der Waals surface area (Å²) in [5, 5.41) is 3.16. The molecule has 1 N–H and O–H groups in total. The lowest BCUT2D eigenvalue weighted by Crippen LogP contribution is -2.46. The van der Waals surface area contributed by atoms with Gasteiger partial charge in [-0.3, -0.25) is 4.90 Å². The number of hydrogen-bond acceptors (Lipinski definition) is 4. The van der Waals surface area contributed by atoms with Gasteiger partial charge in [0.2, 0.25) is 6.79 Å². The van der Waals surface area contributed by atoms with Crippen LogP contribution in [0.4, 0.5) is 13.2 Å². The van der Waals surface area contributed by atoms with Crippen LogP contribution < -0.4 is 14.8 Å². The molecule has 2 aliphatic heterocycles. The number of piperazine rings is 1. The highest BCUT2D eigenvalue weighted by Crippen LogP contribution is 2.43. The minimum Gasteiger partial charge on any atom is -0.454 e. The van der Waals surface area contributed by atoms with Gasteiger partial charge in [-0.1, -0.05) is 12.1 Å². The van der Waals surface area contributed by atoms with E-state index < -0.39 is 18.6 Å². The first kappa shape index (κ1) is 14.5. The van der Waals surface area contributed by atoms with Crippen LogP contribution in [0.25, 0.3) is 0 Å². The van der Waals surface area contributed by atoms with Gasteiger partial charge in [0.15, 0.2) is 11.5 Å². The van der Waals surface area contributed by atoms with Crippen LogP contribution in [0.2, 0.25) is 0 Å². The molecule has 21 heavy (non-hydrogen) atoms. The zero-order valence-electron chi connectivity index (χ0n) is 11.4. The standard InChI is InChI=1S/C14H17F3N2O2/c15-14(16,17)8-11(19-6-4-18-5-7-19)10-2-1-3-12-13(10)21-9-20-12/h1-3,11,18H,4-9H2/t11-/m1/s1. The van der Waals surface area contributed by atoms with E-state index in [1.165, 1.54) is 0 Å². The van der Waals surface area contributed by atoms with E-state index in [0.29, 0.717) is 43.2 Å². The Kier molecular flexibility index (Phi) is 3.95. The molecule has 0 spiro atoms. The van der Waals surface area contributed by atoms with Gasteiger partial charge in [-0.25, -0.2) is 0 Å². The van der Waals surface area contributed by atoms with Crippen LogP contribution in [0.3, 0.4) is 0 Å². The predicted molar refractivity (Wildman–Crippen MR) is 70.4 cm³/mol. The Balaban J connectivity index is 1.93. The molecule has 1 saturated heterocycles. The first-order valence-electron chi connectivity index (χ1n) is 6.94. The van der Waals surface area contributed by atoms with Crippen molar-refractivity contribution in [3.63, 3.8) is 0 Å². The highest BCUT2D eigenvalue weighted by Gasteiger charge is 2.38. The number of hydrogen-bond donors (Lipinski definition) is 1. The maximum atomic E-state index is 13.0. The molecule has 1 aromatic carbocycles. The van der Waals surface area contributed by atoms with E-state index in [4.69, 9.17) is 9.47 Å². The van der Waals surface area contributed by atoms with Crippen molar-refractivity contribution in [3.8, 4) is 11.5 Å². The number of para-hydroxylation sites is 1. The summed E-state index contributed by atoms with van der Waals surface area (Å²) in [6.45, 7) is 2.63. The van der Waals surface area contributed by atoms with E-state index in [1.54, 1.807) is 18.2 Å². The Hall–Kier alpha value is -1.47. The lowest BCUT2D eigenvalue weighted by Gasteiger charge is -2.36. The summed E-state index contributed by atoms with van der Waals surface area (Å²) in [5.41, 5.74) is 0.559. The second-order valence-electron chi connectivity index (χ2n) is 5.20. The summed E-state index contributed by atoms with van der Waals surface area (Å²) in [5.74, 6) is 0.972. The van der Waals surface area contributed by atoms with Gasteiger partial charge >= 0.3 is 6.18 Å². The van der Waals surface area contributed by atoms with Gasteiger partial charge in [-0.2, -0.15) is 13.2 Å². The van der Waals surface area contributed by atoms with Crippen molar-refractivity contribution in [2.24, 2.45) is 0 Å². The van der Waals surface area contributed by atoms with Gasteiger partial charge in [-0.05, 0) is 6.07 Å². The van der Waals surface area contributed by atoms with Crippen LogP contribution in [0.1, 0.15) is 18.0 Å². The van der Waals surface area contributed by atoms with Crippen LogP contribution in [-0.2, 0) is 0 Å². The van der Waals surface area contributed by atoms with Gasteiger partial charge < -0.3 is 14.8 Å². The summed E-state index contributed by atoms with van der Waals surface area (Å²) in [7, 11) is 0. The van der Waals surface area contributed by atoms with Crippen LogP contribution in [0.15, 0.2) is 18.2 Å². The quantitative estimate of drug-likeness (QED) is 0.929. The molecule has 0 saturated carbocycles. The molecular formula is C14H17F3N2O2. The van der Waals surface area contributed by atoms with Gasteiger partial charge in [0.1, 0.15) is 0 Å². The molecule has 1 aromatic rings. The molecule has 7 heteroatoms. The van der Waals surface area contributed by atoms with E-state index in [-0.39, 0.29) is 6.79 Å². The SMILES string of the molecule is FC(F)(F)C[C@H](c1cccc2c1OCO2)N1CCNCC1. The Labute approximate surface area is 120 Å². The smallest absolute Gasteiger partial charge is 0.390 e. The fraction of sp³-hybridized carbons (Fsp3) is 0.571. The first-order chi connectivity index (χ1) is 10.0. The Morgan fingerprint density at radius 1 is 1.19 bits per heavy atom. The normalized spacial score (nSPS) is 20.5. The molecule has 3 rings (SSSR count). The van der Waals surface area contributed by atoms with Crippen LogP contribution in [0.5, 0.6) is 11.5 Å². The minimum absolute atomic E-state index is 0.0621. The second kappa shape index (κ2) is 5.73. The van der Waals surface area contributed by atoms with E-state index in [1.807, 2.05) is 4.90 Å². The van der Waals surface area contributed by atoms with Crippen LogP contribution in [0, 0.1) is 0 Å². The minimum atomic E-state index is -4.22. The molecule has 1 atom stereocenters. The molecule has 0 amide bonds. The Morgan fingerprint density at radius 3 is 2.67 bits per heavy atom. The molecule has 4 nitrogen and oxygen atoms in total. The molecule has 0 aromatic heterocycles. The number of ether oxygens (including phenoxy) is 2. The lowest BCUT2D eigenvalue weighted by molar-refractivity contribution is -0.148. The van der Waals surface area contributed by atoms with Crippen molar-refractivity contribution in [2.75, 3.05) is 33.0 Å². The fourth-order valence-corrected chi connectivity index (χ4v) is 2.86. The molecule has 1 fully saturated rings. The van der Waals surface area contributed by atoms with Crippen LogP contribution >= 0.6 is 0 Å². The summed E-state index contributed by atoms with van der Waals surface area (Å²) < 4.78 is 49.6. The highest BCUT2D eigenvalue weighted by molar-refractivity contribution is 5.49. The van der Waals surface area contributed by atoms with E-state index in [2.05, 4.69) is 5.32 Å². The molecule has 0 bridgehead atoms. The van der Waals surface area contributed by atoms with Gasteiger partial charge in [0.25, 0.3) is 0 Å². The third-order valence-electron chi connectivity index (χ3n) is 3.80. The van der Waals surface area contributed by atoms with E-state index in [0.717, 1.165) is 0 Å². The topological polar surface area (TPSA) is 33.7 Å². The summed E-state index contributed by atoms with van der Waals surface area (Å²) in [4.78, 5) is 1.86. The first-order valence-corrected chi connectivity index (χ1v) is 6.94. The molecule has 0 aliphatic carbocycles. The molecule has 116 valence electrons. The molecule has 2 aliphatic rings. The largest absolute Gasteiger partial charge is 0.454 e. The average molecular weight is 302 g/mol. The molecular weight excluding hydrogens is 285 g/mol. The number of nitrogens with one attached hydrogen (secondary N) is 1. The molecule has 2 heterocycles. The Morgan fingerprint density at radius 2 is 1.95 bits per heavy atom.